The van der Waals surface area contributed by atoms with Gasteiger partial charge >= 0.3 is 12.1 Å². The van der Waals surface area contributed by atoms with Gasteiger partial charge in [-0.1, -0.05) is 43.7 Å². The van der Waals surface area contributed by atoms with Crippen molar-refractivity contribution in [1.29, 1.82) is 0 Å². The van der Waals surface area contributed by atoms with Crippen LogP contribution in [0, 0.1) is 23.6 Å². The number of carbonyl (C=O) groups is 2. The Balaban J connectivity index is 2.31. The fourth-order valence-electron chi connectivity index (χ4n) is 3.41. The monoisotopic (exact) mass is 447 g/mol. The first-order valence-electron chi connectivity index (χ1n) is 9.32. The molecule has 2 N–H and O–H groups in total. The molecule has 0 aliphatic heterocycles. The van der Waals surface area contributed by atoms with Gasteiger partial charge in [0.25, 0.3) is 0 Å². The molecule has 1 aliphatic carbocycles. The van der Waals surface area contributed by atoms with E-state index in [9.17, 15) is 27.2 Å². The highest BCUT2D eigenvalue weighted by atomic mass is 35.5. The van der Waals surface area contributed by atoms with Gasteiger partial charge in [-0.05, 0) is 42.0 Å². The van der Waals surface area contributed by atoms with Crippen molar-refractivity contribution in [2.45, 2.75) is 38.8 Å². The van der Waals surface area contributed by atoms with Crippen molar-refractivity contribution in [3.05, 3.63) is 52.8 Å². The SMILES string of the molecule is CC(CC(=O)O)c1ccc(F)c(NC(=O)[C@H](C2C=CC(Cl)=CC2)[C@@H](C)C(F)(F)F)c1. The summed E-state index contributed by atoms with van der Waals surface area (Å²) >= 11 is 5.83. The van der Waals surface area contributed by atoms with Crippen LogP contribution in [0.15, 0.2) is 41.5 Å². The molecule has 0 saturated heterocycles. The number of benzene rings is 1. The minimum absolute atomic E-state index is 0.145. The summed E-state index contributed by atoms with van der Waals surface area (Å²) in [4.78, 5) is 23.7. The largest absolute Gasteiger partial charge is 0.481 e. The lowest BCUT2D eigenvalue weighted by Gasteiger charge is -2.31. The number of halogens is 5. The van der Waals surface area contributed by atoms with Crippen LogP contribution < -0.4 is 5.32 Å². The number of aliphatic carboxylic acids is 1. The molecule has 164 valence electrons. The molecule has 2 rings (SSSR count). The molecular formula is C21H22ClF4NO3. The van der Waals surface area contributed by atoms with Crippen LogP contribution in [-0.4, -0.2) is 23.2 Å². The molecular weight excluding hydrogens is 426 g/mol. The summed E-state index contributed by atoms with van der Waals surface area (Å²) in [5.41, 5.74) is 0.157. The van der Waals surface area contributed by atoms with E-state index in [-0.39, 0.29) is 18.5 Å². The number of allylic oxidation sites excluding steroid dienone is 4. The van der Waals surface area contributed by atoms with E-state index in [1.54, 1.807) is 6.92 Å². The van der Waals surface area contributed by atoms with Gasteiger partial charge in [0.05, 0.1) is 23.9 Å². The maximum absolute atomic E-state index is 14.3. The summed E-state index contributed by atoms with van der Waals surface area (Å²) in [6.45, 7) is 2.53. The summed E-state index contributed by atoms with van der Waals surface area (Å²) in [5, 5.41) is 11.6. The maximum atomic E-state index is 14.3. The molecule has 0 heterocycles. The lowest BCUT2D eigenvalue weighted by Crippen LogP contribution is -2.40. The molecule has 0 bridgehead atoms. The van der Waals surface area contributed by atoms with Gasteiger partial charge < -0.3 is 10.4 Å². The van der Waals surface area contributed by atoms with Crippen molar-refractivity contribution < 1.29 is 32.3 Å². The molecule has 0 saturated carbocycles. The molecule has 4 atom stereocenters. The van der Waals surface area contributed by atoms with E-state index in [4.69, 9.17) is 16.7 Å². The van der Waals surface area contributed by atoms with Gasteiger partial charge in [-0.15, -0.1) is 0 Å². The van der Waals surface area contributed by atoms with Gasteiger partial charge in [0.2, 0.25) is 5.91 Å². The van der Waals surface area contributed by atoms with Crippen molar-refractivity contribution in [2.75, 3.05) is 5.32 Å². The van der Waals surface area contributed by atoms with Gasteiger partial charge in [-0.25, -0.2) is 4.39 Å². The highest BCUT2D eigenvalue weighted by Crippen LogP contribution is 2.39. The molecule has 0 aromatic heterocycles. The van der Waals surface area contributed by atoms with Crippen LogP contribution in [0.4, 0.5) is 23.2 Å². The van der Waals surface area contributed by atoms with Crippen LogP contribution in [0.2, 0.25) is 0 Å². The molecule has 0 fully saturated rings. The van der Waals surface area contributed by atoms with Gasteiger partial charge in [-0.3, -0.25) is 9.59 Å². The van der Waals surface area contributed by atoms with Crippen LogP contribution >= 0.6 is 11.6 Å². The zero-order chi connectivity index (χ0) is 22.6. The third-order valence-corrected chi connectivity index (χ3v) is 5.49. The third-order valence-electron chi connectivity index (χ3n) is 5.20. The normalized spacial score (nSPS) is 19.6. The molecule has 4 nitrogen and oxygen atoms in total. The number of carboxylic acids is 1. The Morgan fingerprint density at radius 3 is 2.50 bits per heavy atom. The van der Waals surface area contributed by atoms with Crippen molar-refractivity contribution in [1.82, 2.24) is 0 Å². The minimum atomic E-state index is -4.63. The molecule has 9 heteroatoms. The number of rotatable bonds is 7. The lowest BCUT2D eigenvalue weighted by atomic mass is 9.78. The first-order valence-corrected chi connectivity index (χ1v) is 9.70. The van der Waals surface area contributed by atoms with Crippen LogP contribution in [-0.2, 0) is 9.59 Å². The fraction of sp³-hybridized carbons (Fsp3) is 0.429. The summed E-state index contributed by atoms with van der Waals surface area (Å²) in [6, 6.07) is 3.68. The highest BCUT2D eigenvalue weighted by Gasteiger charge is 2.47. The average molecular weight is 448 g/mol. The van der Waals surface area contributed by atoms with Crippen LogP contribution in [0.1, 0.15) is 38.2 Å². The number of carbonyl (C=O) groups excluding carboxylic acids is 1. The number of amides is 1. The minimum Gasteiger partial charge on any atom is -0.481 e. The van der Waals surface area contributed by atoms with Crippen molar-refractivity contribution in [3.63, 3.8) is 0 Å². The summed E-state index contributed by atoms with van der Waals surface area (Å²) < 4.78 is 54.5. The Morgan fingerprint density at radius 1 is 1.30 bits per heavy atom. The number of nitrogens with one attached hydrogen (secondary N) is 1. The predicted molar refractivity (Wildman–Crippen MR) is 106 cm³/mol. The van der Waals surface area contributed by atoms with E-state index in [1.165, 1.54) is 30.4 Å². The highest BCUT2D eigenvalue weighted by molar-refractivity contribution is 6.31. The second-order valence-electron chi connectivity index (χ2n) is 7.43. The molecule has 1 aromatic carbocycles. The van der Waals surface area contributed by atoms with Gasteiger partial charge in [0.15, 0.2) is 0 Å². The zero-order valence-corrected chi connectivity index (χ0v) is 17.1. The fourth-order valence-corrected chi connectivity index (χ4v) is 3.58. The van der Waals surface area contributed by atoms with Gasteiger partial charge in [-0.2, -0.15) is 13.2 Å². The Labute approximate surface area is 176 Å². The van der Waals surface area contributed by atoms with Crippen molar-refractivity contribution >= 4 is 29.2 Å². The summed E-state index contributed by atoms with van der Waals surface area (Å²) in [6.07, 6.45) is -0.273. The Hall–Kier alpha value is -2.35. The average Bonchev–Trinajstić information content (AvgIpc) is 2.63. The number of hydrogen-bond acceptors (Lipinski definition) is 2. The lowest BCUT2D eigenvalue weighted by molar-refractivity contribution is -0.188. The molecule has 0 radical (unpaired) electrons. The topological polar surface area (TPSA) is 66.4 Å². The number of carboxylic acid groups (broad SMARTS) is 1. The van der Waals surface area contributed by atoms with Gasteiger partial charge in [0.1, 0.15) is 5.82 Å². The standard InChI is InChI=1S/C21H22ClF4NO3/c1-11(9-18(28)29)14-5-8-16(23)17(10-14)27-20(30)19(12(2)21(24,25)26)13-3-6-15(22)7-4-13/h3,5-8,10-13,19H,4,9H2,1-2H3,(H,27,30)(H,28,29)/t11?,12-,13?,19+/m1/s1. The summed E-state index contributed by atoms with van der Waals surface area (Å²) in [5.74, 6) is -7.56. The quantitative estimate of drug-likeness (QED) is 0.515. The Kier molecular flexibility index (Phi) is 7.69. The molecule has 1 aromatic rings. The first-order chi connectivity index (χ1) is 13.9. The Morgan fingerprint density at radius 2 is 1.97 bits per heavy atom. The van der Waals surface area contributed by atoms with Crippen LogP contribution in [0.25, 0.3) is 0 Å². The number of hydrogen-bond donors (Lipinski definition) is 2. The molecule has 30 heavy (non-hydrogen) atoms. The van der Waals surface area contributed by atoms with Crippen LogP contribution in [0.5, 0.6) is 0 Å². The van der Waals surface area contributed by atoms with Crippen molar-refractivity contribution in [3.8, 4) is 0 Å². The molecule has 2 unspecified atom stereocenters. The summed E-state index contributed by atoms with van der Waals surface area (Å²) in [7, 11) is 0. The zero-order valence-electron chi connectivity index (χ0n) is 16.3. The third kappa shape index (κ3) is 6.08. The first kappa shape index (κ1) is 23.9. The van der Waals surface area contributed by atoms with E-state index in [1.807, 2.05) is 0 Å². The second-order valence-corrected chi connectivity index (χ2v) is 7.87. The van der Waals surface area contributed by atoms with Gasteiger partial charge in [0, 0.05) is 5.03 Å². The Bertz CT molecular complexity index is 866. The smallest absolute Gasteiger partial charge is 0.392 e. The number of anilines is 1. The second kappa shape index (κ2) is 9.64. The van der Waals surface area contributed by atoms with E-state index < -0.39 is 47.5 Å². The molecule has 1 amide bonds. The van der Waals surface area contributed by atoms with Crippen LogP contribution in [0.3, 0.4) is 0 Å². The maximum Gasteiger partial charge on any atom is 0.392 e. The van der Waals surface area contributed by atoms with E-state index >= 15 is 0 Å². The number of alkyl halides is 3. The van der Waals surface area contributed by atoms with E-state index in [0.29, 0.717) is 10.6 Å². The molecule has 1 aliphatic rings. The van der Waals surface area contributed by atoms with E-state index in [2.05, 4.69) is 5.32 Å². The van der Waals surface area contributed by atoms with E-state index in [0.717, 1.165) is 13.0 Å². The van der Waals surface area contributed by atoms with Crippen molar-refractivity contribution in [2.24, 2.45) is 17.8 Å². The molecule has 0 spiro atoms. The predicted octanol–water partition coefficient (Wildman–Crippen LogP) is 5.86.